The van der Waals surface area contributed by atoms with E-state index in [1.54, 1.807) is 6.07 Å². The van der Waals surface area contributed by atoms with E-state index in [1.807, 2.05) is 0 Å². The molecule has 0 spiro atoms. The minimum Gasteiger partial charge on any atom is -0.435 e. The maximum atomic E-state index is 12.7. The van der Waals surface area contributed by atoms with Gasteiger partial charge in [-0.3, -0.25) is 4.79 Å². The van der Waals surface area contributed by atoms with Crippen molar-refractivity contribution in [3.8, 4) is 5.75 Å². The molecule has 22 heavy (non-hydrogen) atoms. The average Bonchev–Trinajstić information content (AvgIpc) is 2.66. The Hall–Kier alpha value is -1.77. The van der Waals surface area contributed by atoms with Gasteiger partial charge in [0, 0.05) is 25.4 Å². The number of alkyl halides is 2. The summed E-state index contributed by atoms with van der Waals surface area (Å²) in [5.74, 6) is -1.61. The lowest BCUT2D eigenvalue weighted by Crippen LogP contribution is -2.25. The van der Waals surface area contributed by atoms with Crippen LogP contribution in [0.5, 0.6) is 5.75 Å². The van der Waals surface area contributed by atoms with Gasteiger partial charge in [0.1, 0.15) is 5.75 Å². The van der Waals surface area contributed by atoms with E-state index in [0.717, 1.165) is 0 Å². The van der Waals surface area contributed by atoms with Crippen molar-refractivity contribution in [3.63, 3.8) is 0 Å². The zero-order valence-electron chi connectivity index (χ0n) is 11.4. The smallest absolute Gasteiger partial charge is 0.387 e. The summed E-state index contributed by atoms with van der Waals surface area (Å²) >= 11 is 0. The molecule has 0 aromatic heterocycles. The van der Waals surface area contributed by atoms with Gasteiger partial charge in [0.25, 0.3) is 0 Å². The molecule has 1 aliphatic rings. The molecule has 5 nitrogen and oxygen atoms in total. The van der Waals surface area contributed by atoms with Crippen molar-refractivity contribution >= 4 is 16.1 Å². The lowest BCUT2D eigenvalue weighted by Gasteiger charge is -2.17. The molecule has 1 aliphatic heterocycles. The van der Waals surface area contributed by atoms with Crippen LogP contribution in [-0.4, -0.2) is 38.1 Å². The summed E-state index contributed by atoms with van der Waals surface area (Å²) < 4.78 is 62.5. The molecule has 1 unspecified atom stereocenters. The van der Waals surface area contributed by atoms with Crippen LogP contribution in [0.2, 0.25) is 0 Å². The molecule has 1 fully saturated rings. The monoisotopic (exact) mass is 337 g/mol. The van der Waals surface area contributed by atoms with E-state index in [4.69, 9.17) is 0 Å². The Morgan fingerprint density at radius 1 is 1.36 bits per heavy atom. The predicted octanol–water partition coefficient (Wildman–Crippen LogP) is 1.94. The van der Waals surface area contributed by atoms with E-state index in [2.05, 4.69) is 4.74 Å². The summed E-state index contributed by atoms with van der Waals surface area (Å²) in [6.07, 6.45) is -0.0453. The number of ether oxygens (including phenoxy) is 1. The molecule has 0 aliphatic carbocycles. The van der Waals surface area contributed by atoms with Crippen molar-refractivity contribution in [2.75, 3.05) is 12.3 Å². The van der Waals surface area contributed by atoms with Crippen molar-refractivity contribution in [1.82, 2.24) is 4.90 Å². The Morgan fingerprint density at radius 3 is 2.73 bits per heavy atom. The minimum atomic E-state index is -4.63. The molecular formula is C13H14F3NO4S. The Balaban J connectivity index is 2.00. The van der Waals surface area contributed by atoms with Gasteiger partial charge in [-0.2, -0.15) is 17.2 Å². The van der Waals surface area contributed by atoms with Gasteiger partial charge in [-0.15, -0.1) is 3.89 Å². The number of carbonyl (C=O) groups is 1. The number of hydrogen-bond acceptors (Lipinski definition) is 4. The fraction of sp³-hybridized carbons (Fsp3) is 0.462. The van der Waals surface area contributed by atoms with Crippen molar-refractivity contribution in [1.29, 1.82) is 0 Å². The summed E-state index contributed by atoms with van der Waals surface area (Å²) in [6, 6.07) is 5.88. The van der Waals surface area contributed by atoms with Crippen molar-refractivity contribution < 1.29 is 30.6 Å². The molecule has 0 radical (unpaired) electrons. The van der Waals surface area contributed by atoms with Crippen LogP contribution in [0.15, 0.2) is 24.3 Å². The first kappa shape index (κ1) is 16.6. The van der Waals surface area contributed by atoms with Gasteiger partial charge in [-0.05, 0) is 17.7 Å². The highest BCUT2D eigenvalue weighted by molar-refractivity contribution is 7.86. The van der Waals surface area contributed by atoms with Crippen LogP contribution in [0.1, 0.15) is 12.0 Å². The van der Waals surface area contributed by atoms with E-state index in [0.29, 0.717) is 5.56 Å². The predicted molar refractivity (Wildman–Crippen MR) is 71.5 cm³/mol. The molecule has 1 aromatic carbocycles. The second-order valence-electron chi connectivity index (χ2n) is 5.08. The van der Waals surface area contributed by atoms with Gasteiger partial charge < -0.3 is 9.64 Å². The van der Waals surface area contributed by atoms with Crippen LogP contribution in [0.3, 0.4) is 0 Å². The lowest BCUT2D eigenvalue weighted by molar-refractivity contribution is -0.128. The third-order valence-electron chi connectivity index (χ3n) is 3.23. The summed E-state index contributed by atoms with van der Waals surface area (Å²) in [4.78, 5) is 13.2. The van der Waals surface area contributed by atoms with Gasteiger partial charge in [-0.1, -0.05) is 12.1 Å². The highest BCUT2D eigenvalue weighted by Crippen LogP contribution is 2.23. The maximum Gasteiger partial charge on any atom is 0.387 e. The fourth-order valence-corrected chi connectivity index (χ4v) is 3.23. The number of halogens is 3. The number of amides is 1. The van der Waals surface area contributed by atoms with Gasteiger partial charge in [0.2, 0.25) is 5.91 Å². The third-order valence-corrected chi connectivity index (χ3v) is 4.10. The van der Waals surface area contributed by atoms with Crippen molar-refractivity contribution in [2.45, 2.75) is 19.6 Å². The first-order valence-electron chi connectivity index (χ1n) is 6.47. The van der Waals surface area contributed by atoms with Gasteiger partial charge in [0.05, 0.1) is 5.75 Å². The van der Waals surface area contributed by atoms with Crippen LogP contribution >= 0.6 is 0 Å². The summed E-state index contributed by atoms with van der Waals surface area (Å²) in [6.45, 7) is -2.70. The third kappa shape index (κ3) is 4.90. The van der Waals surface area contributed by atoms with E-state index < -0.39 is 28.5 Å². The molecule has 0 N–H and O–H groups in total. The number of carbonyl (C=O) groups excluding carboxylic acids is 1. The minimum absolute atomic E-state index is 0.0259. The molecule has 1 atom stereocenters. The molecule has 1 amide bonds. The molecular weight excluding hydrogens is 323 g/mol. The highest BCUT2D eigenvalue weighted by Gasteiger charge is 2.32. The molecule has 1 saturated heterocycles. The van der Waals surface area contributed by atoms with Crippen molar-refractivity contribution in [3.05, 3.63) is 29.8 Å². The standard InChI is InChI=1S/C13H14F3NO4S/c14-13(15)21-11-3-1-2-9(4-11)6-17-7-10(5-12(17)18)8-22(16,19)20/h1-4,10,13H,5-8H2. The number of rotatable bonds is 6. The molecule has 9 heteroatoms. The second-order valence-corrected chi connectivity index (χ2v) is 6.49. The molecule has 1 heterocycles. The van der Waals surface area contributed by atoms with Crippen LogP contribution in [0.4, 0.5) is 12.7 Å². The zero-order valence-corrected chi connectivity index (χ0v) is 12.2. The first-order chi connectivity index (χ1) is 10.2. The normalized spacial score (nSPS) is 19.0. The van der Waals surface area contributed by atoms with Crippen LogP contribution < -0.4 is 4.74 Å². The lowest BCUT2D eigenvalue weighted by atomic mass is 10.1. The Morgan fingerprint density at radius 2 is 2.09 bits per heavy atom. The zero-order chi connectivity index (χ0) is 16.3. The number of hydrogen-bond donors (Lipinski definition) is 0. The molecule has 122 valence electrons. The quantitative estimate of drug-likeness (QED) is 0.744. The van der Waals surface area contributed by atoms with E-state index in [9.17, 15) is 25.9 Å². The molecule has 0 bridgehead atoms. The molecule has 2 rings (SSSR count). The summed E-state index contributed by atoms with van der Waals surface area (Å²) in [5, 5.41) is 0. The average molecular weight is 337 g/mol. The second kappa shape index (κ2) is 6.55. The molecule has 1 aromatic rings. The van der Waals surface area contributed by atoms with E-state index >= 15 is 0 Å². The summed E-state index contributed by atoms with van der Waals surface area (Å²) in [5.41, 5.74) is 0.565. The first-order valence-corrected chi connectivity index (χ1v) is 8.02. The number of likely N-dealkylation sites (tertiary alicyclic amines) is 1. The maximum absolute atomic E-state index is 12.7. The largest absolute Gasteiger partial charge is 0.435 e. The SMILES string of the molecule is O=C1CC(CS(=O)(=O)F)CN1Cc1cccc(OC(F)F)c1. The Labute approximate surface area is 125 Å². The van der Waals surface area contributed by atoms with Crippen LogP contribution in [0.25, 0.3) is 0 Å². The van der Waals surface area contributed by atoms with Crippen LogP contribution in [-0.2, 0) is 21.6 Å². The highest BCUT2D eigenvalue weighted by atomic mass is 32.3. The van der Waals surface area contributed by atoms with Gasteiger partial charge in [-0.25, -0.2) is 0 Å². The van der Waals surface area contributed by atoms with E-state index in [1.165, 1.54) is 23.1 Å². The number of benzene rings is 1. The molecule has 0 saturated carbocycles. The summed E-state index contributed by atoms with van der Waals surface area (Å²) in [7, 11) is -4.63. The Kier molecular flexibility index (Phi) is 4.94. The number of nitrogens with zero attached hydrogens (tertiary/aromatic N) is 1. The van der Waals surface area contributed by atoms with Crippen molar-refractivity contribution in [2.24, 2.45) is 5.92 Å². The van der Waals surface area contributed by atoms with Crippen LogP contribution in [0, 0.1) is 5.92 Å². The van der Waals surface area contributed by atoms with Gasteiger partial charge in [0.15, 0.2) is 0 Å². The topological polar surface area (TPSA) is 63.7 Å². The Bertz CT molecular complexity index is 650. The van der Waals surface area contributed by atoms with E-state index in [-0.39, 0.29) is 31.2 Å². The van der Waals surface area contributed by atoms with Gasteiger partial charge >= 0.3 is 16.8 Å². The fourth-order valence-electron chi connectivity index (χ4n) is 2.44.